The van der Waals surface area contributed by atoms with Crippen molar-refractivity contribution in [2.45, 2.75) is 13.0 Å². The van der Waals surface area contributed by atoms with Crippen molar-refractivity contribution in [2.75, 3.05) is 0 Å². The van der Waals surface area contributed by atoms with Crippen LogP contribution in [0, 0.1) is 0 Å². The van der Waals surface area contributed by atoms with Gasteiger partial charge in [0.2, 0.25) is 5.91 Å². The van der Waals surface area contributed by atoms with Gasteiger partial charge in [0.05, 0.1) is 17.5 Å². The van der Waals surface area contributed by atoms with Crippen LogP contribution in [-0.4, -0.2) is 31.4 Å². The van der Waals surface area contributed by atoms with Crippen LogP contribution in [0.5, 0.6) is 0 Å². The van der Waals surface area contributed by atoms with Gasteiger partial charge in [0, 0.05) is 30.6 Å². The van der Waals surface area contributed by atoms with Crippen LogP contribution in [0.4, 0.5) is 0 Å². The molecule has 2 amide bonds. The topological polar surface area (TPSA) is 111 Å². The highest BCUT2D eigenvalue weighted by atomic mass is 16.2. The first-order valence-corrected chi connectivity index (χ1v) is 9.00. The molecule has 29 heavy (non-hydrogen) atoms. The Kier molecular flexibility index (Phi) is 4.78. The maximum absolute atomic E-state index is 12.4. The lowest BCUT2D eigenvalue weighted by Gasteiger charge is -2.08. The fourth-order valence-corrected chi connectivity index (χ4v) is 3.16. The van der Waals surface area contributed by atoms with Crippen LogP contribution in [0.1, 0.15) is 16.8 Å². The molecule has 0 aliphatic carbocycles. The van der Waals surface area contributed by atoms with E-state index in [4.69, 9.17) is 0 Å². The molecule has 0 radical (unpaired) electrons. The van der Waals surface area contributed by atoms with Crippen LogP contribution in [0.15, 0.2) is 59.5 Å². The molecule has 4 aromatic rings. The molecule has 0 spiro atoms. The van der Waals surface area contributed by atoms with Crippen LogP contribution in [0.2, 0.25) is 0 Å². The SMILES string of the molecule is Cn1cc(C(=O)NNC(=O)CCn2nnc3ccccc3c2=O)c2ccccc21. The number of aromatic nitrogens is 4. The normalized spacial score (nSPS) is 10.9. The third-order valence-electron chi connectivity index (χ3n) is 4.64. The molecule has 2 N–H and O–H groups in total. The molecule has 0 atom stereocenters. The van der Waals surface area contributed by atoms with Crippen molar-refractivity contribution in [3.63, 3.8) is 0 Å². The molecule has 146 valence electrons. The molecule has 0 aliphatic rings. The minimum absolute atomic E-state index is 0.0389. The van der Waals surface area contributed by atoms with Crippen molar-refractivity contribution >= 4 is 33.6 Å². The number of hydrazine groups is 1. The number of carbonyl (C=O) groups is 2. The number of amides is 2. The Hall–Kier alpha value is -4.01. The Balaban J connectivity index is 1.38. The molecule has 2 aromatic carbocycles. The van der Waals surface area contributed by atoms with Crippen molar-refractivity contribution in [1.29, 1.82) is 0 Å². The highest BCUT2D eigenvalue weighted by Crippen LogP contribution is 2.19. The Morgan fingerprint density at radius 1 is 1.00 bits per heavy atom. The number of nitrogens with one attached hydrogen (secondary N) is 2. The first kappa shape index (κ1) is 18.4. The van der Waals surface area contributed by atoms with Crippen LogP contribution in [0.25, 0.3) is 21.8 Å². The highest BCUT2D eigenvalue weighted by molar-refractivity contribution is 6.07. The first-order chi connectivity index (χ1) is 14.0. The van der Waals surface area contributed by atoms with Gasteiger partial charge < -0.3 is 4.57 Å². The van der Waals surface area contributed by atoms with Gasteiger partial charge in [0.1, 0.15) is 5.52 Å². The molecule has 9 heteroatoms. The maximum atomic E-state index is 12.4. The van der Waals surface area contributed by atoms with E-state index in [1.807, 2.05) is 35.9 Å². The zero-order chi connectivity index (χ0) is 20.4. The van der Waals surface area contributed by atoms with Crippen molar-refractivity contribution in [2.24, 2.45) is 7.05 Å². The Morgan fingerprint density at radius 3 is 2.55 bits per heavy atom. The summed E-state index contributed by atoms with van der Waals surface area (Å²) in [7, 11) is 1.85. The molecule has 0 saturated heterocycles. The van der Waals surface area contributed by atoms with E-state index in [-0.39, 0.29) is 18.5 Å². The molecule has 0 unspecified atom stereocenters. The average Bonchev–Trinajstić information content (AvgIpc) is 3.09. The Labute approximate surface area is 164 Å². The van der Waals surface area contributed by atoms with Gasteiger partial charge in [-0.15, -0.1) is 5.10 Å². The molecule has 2 heterocycles. The van der Waals surface area contributed by atoms with E-state index in [2.05, 4.69) is 21.2 Å². The van der Waals surface area contributed by atoms with Gasteiger partial charge in [-0.05, 0) is 18.2 Å². The third-order valence-corrected chi connectivity index (χ3v) is 4.64. The molecule has 4 rings (SSSR count). The molecular weight excluding hydrogens is 372 g/mol. The third kappa shape index (κ3) is 3.57. The minimum atomic E-state index is -0.444. The highest BCUT2D eigenvalue weighted by Gasteiger charge is 2.14. The molecular formula is C20H18N6O3. The number of carbonyl (C=O) groups excluding carboxylic acids is 2. The summed E-state index contributed by atoms with van der Waals surface area (Å²) in [6.07, 6.45) is 1.67. The largest absolute Gasteiger partial charge is 0.350 e. The van der Waals surface area contributed by atoms with Gasteiger partial charge in [-0.3, -0.25) is 25.2 Å². The molecule has 0 fully saturated rings. The summed E-state index contributed by atoms with van der Waals surface area (Å²) in [6, 6.07) is 14.4. The number of nitrogens with zero attached hydrogens (tertiary/aromatic N) is 4. The van der Waals surface area contributed by atoms with Gasteiger partial charge in [0.15, 0.2) is 0 Å². The van der Waals surface area contributed by atoms with Crippen molar-refractivity contribution in [1.82, 2.24) is 30.4 Å². The van der Waals surface area contributed by atoms with Gasteiger partial charge >= 0.3 is 0 Å². The van der Waals surface area contributed by atoms with E-state index < -0.39 is 11.8 Å². The summed E-state index contributed by atoms with van der Waals surface area (Å²) in [5.41, 5.74) is 6.34. The van der Waals surface area contributed by atoms with Gasteiger partial charge in [-0.25, -0.2) is 4.68 Å². The first-order valence-electron chi connectivity index (χ1n) is 9.00. The van der Waals surface area contributed by atoms with E-state index in [0.29, 0.717) is 16.5 Å². The van der Waals surface area contributed by atoms with E-state index in [1.165, 1.54) is 0 Å². The van der Waals surface area contributed by atoms with E-state index in [9.17, 15) is 14.4 Å². The van der Waals surface area contributed by atoms with Gasteiger partial charge in [0.25, 0.3) is 11.5 Å². The zero-order valence-corrected chi connectivity index (χ0v) is 15.6. The summed E-state index contributed by atoms with van der Waals surface area (Å²) >= 11 is 0. The van der Waals surface area contributed by atoms with Gasteiger partial charge in [-0.2, -0.15) is 0 Å². The predicted octanol–water partition coefficient (Wildman–Crippen LogP) is 1.13. The van der Waals surface area contributed by atoms with Crippen molar-refractivity contribution in [3.8, 4) is 0 Å². The smallest absolute Gasteiger partial charge is 0.277 e. The second kappa shape index (κ2) is 7.55. The van der Waals surface area contributed by atoms with E-state index in [0.717, 1.165) is 15.6 Å². The van der Waals surface area contributed by atoms with Crippen LogP contribution in [0.3, 0.4) is 0 Å². The Morgan fingerprint density at radius 2 is 1.72 bits per heavy atom. The van der Waals surface area contributed by atoms with Crippen molar-refractivity contribution < 1.29 is 9.59 Å². The number of aryl methyl sites for hydroxylation is 2. The quantitative estimate of drug-likeness (QED) is 0.508. The lowest BCUT2D eigenvalue weighted by Crippen LogP contribution is -2.42. The number of hydrogen-bond donors (Lipinski definition) is 2. The van der Waals surface area contributed by atoms with Gasteiger partial charge in [-0.1, -0.05) is 35.5 Å². The minimum Gasteiger partial charge on any atom is -0.350 e. The lowest BCUT2D eigenvalue weighted by atomic mass is 10.2. The average molecular weight is 390 g/mol. The number of hydrogen-bond acceptors (Lipinski definition) is 5. The summed E-state index contributed by atoms with van der Waals surface area (Å²) in [5, 5.41) is 9.05. The number of fused-ring (bicyclic) bond motifs is 2. The fraction of sp³-hybridized carbons (Fsp3) is 0.150. The van der Waals surface area contributed by atoms with Crippen LogP contribution >= 0.6 is 0 Å². The maximum Gasteiger partial charge on any atom is 0.277 e. The van der Waals surface area contributed by atoms with Crippen LogP contribution in [-0.2, 0) is 18.4 Å². The van der Waals surface area contributed by atoms with Crippen LogP contribution < -0.4 is 16.4 Å². The monoisotopic (exact) mass is 390 g/mol. The molecule has 0 saturated carbocycles. The number of para-hydroxylation sites is 1. The van der Waals surface area contributed by atoms with E-state index in [1.54, 1.807) is 30.5 Å². The summed E-state index contributed by atoms with van der Waals surface area (Å²) in [6.45, 7) is 0.0483. The molecule has 0 bridgehead atoms. The summed E-state index contributed by atoms with van der Waals surface area (Å²) < 4.78 is 2.98. The lowest BCUT2D eigenvalue weighted by molar-refractivity contribution is -0.122. The number of benzene rings is 2. The number of rotatable bonds is 4. The second-order valence-corrected chi connectivity index (χ2v) is 6.56. The fourth-order valence-electron chi connectivity index (χ4n) is 3.16. The molecule has 2 aromatic heterocycles. The predicted molar refractivity (Wildman–Crippen MR) is 107 cm³/mol. The zero-order valence-electron chi connectivity index (χ0n) is 15.6. The molecule has 0 aliphatic heterocycles. The van der Waals surface area contributed by atoms with E-state index >= 15 is 0 Å². The summed E-state index contributed by atoms with van der Waals surface area (Å²) in [5.74, 6) is -0.863. The standard InChI is InChI=1S/C20H18N6O3/c1-25-12-15(13-6-3-5-9-17(13)25)19(28)23-22-18(27)10-11-26-20(29)14-7-2-4-8-16(14)21-24-26/h2-9,12H,10-11H2,1H3,(H,22,27)(H,23,28). The van der Waals surface area contributed by atoms with Crippen molar-refractivity contribution in [3.05, 3.63) is 70.6 Å². The molecule has 9 nitrogen and oxygen atoms in total. The second-order valence-electron chi connectivity index (χ2n) is 6.56. The Bertz CT molecular complexity index is 1290. The summed E-state index contributed by atoms with van der Waals surface area (Å²) in [4.78, 5) is 36.9.